The fourth-order valence-electron chi connectivity index (χ4n) is 3.15. The second-order valence-electron chi connectivity index (χ2n) is 6.39. The van der Waals surface area contributed by atoms with Gasteiger partial charge in [0, 0.05) is 23.1 Å². The summed E-state index contributed by atoms with van der Waals surface area (Å²) in [5.74, 6) is 0.773. The highest BCUT2D eigenvalue weighted by Crippen LogP contribution is 2.44. The van der Waals surface area contributed by atoms with Crippen molar-refractivity contribution in [3.63, 3.8) is 0 Å². The molecule has 2 atom stereocenters. The molecule has 1 nitrogen and oxygen atoms in total. The molecular weight excluding hydrogens is 286 g/mol. The number of pyridine rings is 1. The van der Waals surface area contributed by atoms with Gasteiger partial charge in [-0.05, 0) is 42.7 Å². The van der Waals surface area contributed by atoms with Gasteiger partial charge in [-0.1, -0.05) is 48.7 Å². The molecule has 18 heavy (non-hydrogen) atoms. The van der Waals surface area contributed by atoms with Gasteiger partial charge in [-0.2, -0.15) is 0 Å². The monoisotopic (exact) mass is 309 g/mol. The van der Waals surface area contributed by atoms with E-state index in [0.29, 0.717) is 10.2 Å². The van der Waals surface area contributed by atoms with Crippen molar-refractivity contribution in [1.82, 2.24) is 4.98 Å². The molecule has 2 heteroatoms. The highest BCUT2D eigenvalue weighted by Gasteiger charge is 2.36. The Balaban J connectivity index is 2.02. The average Bonchev–Trinajstić information content (AvgIpc) is 2.31. The van der Waals surface area contributed by atoms with Crippen LogP contribution in [0.4, 0.5) is 0 Å². The van der Waals surface area contributed by atoms with Crippen LogP contribution in [0.3, 0.4) is 0 Å². The van der Waals surface area contributed by atoms with Gasteiger partial charge in [-0.15, -0.1) is 0 Å². The number of aryl methyl sites for hydroxylation is 1. The van der Waals surface area contributed by atoms with Gasteiger partial charge in [0.05, 0.1) is 0 Å². The van der Waals surface area contributed by atoms with Gasteiger partial charge in [0.2, 0.25) is 0 Å². The third-order valence-electron chi connectivity index (χ3n) is 4.40. The molecule has 100 valence electrons. The van der Waals surface area contributed by atoms with Crippen LogP contribution in [0.5, 0.6) is 0 Å². The van der Waals surface area contributed by atoms with Gasteiger partial charge in [0.25, 0.3) is 0 Å². The van der Waals surface area contributed by atoms with E-state index in [0.717, 1.165) is 12.3 Å². The van der Waals surface area contributed by atoms with E-state index in [-0.39, 0.29) is 0 Å². The number of hydrogen-bond acceptors (Lipinski definition) is 1. The molecule has 0 amide bonds. The Morgan fingerprint density at radius 2 is 2.17 bits per heavy atom. The summed E-state index contributed by atoms with van der Waals surface area (Å²) in [6.45, 7) is 6.94. The smallest absolute Gasteiger partial charge is 0.0415 e. The molecule has 0 spiro atoms. The Morgan fingerprint density at radius 1 is 1.39 bits per heavy atom. The van der Waals surface area contributed by atoms with E-state index in [1.54, 1.807) is 0 Å². The maximum atomic E-state index is 4.53. The van der Waals surface area contributed by atoms with Gasteiger partial charge in [-0.25, -0.2) is 0 Å². The predicted octanol–water partition coefficient (Wildman–Crippen LogP) is 4.91. The summed E-state index contributed by atoms with van der Waals surface area (Å²) >= 11 is 3.93. The van der Waals surface area contributed by atoms with Gasteiger partial charge in [0.1, 0.15) is 0 Å². The van der Waals surface area contributed by atoms with Gasteiger partial charge >= 0.3 is 0 Å². The van der Waals surface area contributed by atoms with Crippen LogP contribution < -0.4 is 0 Å². The zero-order chi connectivity index (χ0) is 13.2. The Labute approximate surface area is 120 Å². The number of alkyl halides is 1. The summed E-state index contributed by atoms with van der Waals surface area (Å²) in [6, 6.07) is 4.33. The molecule has 2 unspecified atom stereocenters. The normalized spacial score (nSPS) is 24.8. The highest BCUT2D eigenvalue weighted by molar-refractivity contribution is 9.09. The summed E-state index contributed by atoms with van der Waals surface area (Å²) in [6.07, 6.45) is 8.52. The molecule has 0 radical (unpaired) electrons. The minimum atomic E-state index is 0.469. The Bertz CT molecular complexity index is 383. The lowest BCUT2D eigenvalue weighted by Gasteiger charge is -2.41. The van der Waals surface area contributed by atoms with Gasteiger partial charge in [0.15, 0.2) is 0 Å². The predicted molar refractivity (Wildman–Crippen MR) is 81.1 cm³/mol. The number of hydrogen-bond donors (Lipinski definition) is 0. The van der Waals surface area contributed by atoms with E-state index in [1.807, 2.05) is 6.20 Å². The lowest BCUT2D eigenvalue weighted by Crippen LogP contribution is -2.35. The summed E-state index contributed by atoms with van der Waals surface area (Å²) in [7, 11) is 0. The SMILES string of the molecule is Cc1ccc(CC(Br)C2CCCCC2(C)C)nc1. The average molecular weight is 310 g/mol. The molecule has 0 N–H and O–H groups in total. The van der Waals surface area contributed by atoms with E-state index in [1.165, 1.54) is 36.9 Å². The number of halogens is 1. The number of aromatic nitrogens is 1. The fourth-order valence-corrected chi connectivity index (χ4v) is 4.46. The first-order valence-corrected chi connectivity index (χ1v) is 7.96. The molecule has 1 fully saturated rings. The molecule has 0 bridgehead atoms. The molecular formula is C16H24BrN. The van der Waals surface area contributed by atoms with Crippen molar-refractivity contribution in [3.8, 4) is 0 Å². The summed E-state index contributed by atoms with van der Waals surface area (Å²) < 4.78 is 0. The maximum absolute atomic E-state index is 4.53. The first kappa shape index (κ1) is 14.0. The van der Waals surface area contributed by atoms with E-state index in [9.17, 15) is 0 Å². The summed E-state index contributed by atoms with van der Waals surface area (Å²) in [5.41, 5.74) is 2.92. The molecule has 1 aliphatic rings. The fraction of sp³-hybridized carbons (Fsp3) is 0.688. The Morgan fingerprint density at radius 3 is 2.78 bits per heavy atom. The van der Waals surface area contributed by atoms with E-state index in [4.69, 9.17) is 0 Å². The zero-order valence-electron chi connectivity index (χ0n) is 11.7. The van der Waals surface area contributed by atoms with Crippen molar-refractivity contribution in [2.45, 2.75) is 57.7 Å². The third-order valence-corrected chi connectivity index (χ3v) is 5.37. The largest absolute Gasteiger partial charge is 0.261 e. The van der Waals surface area contributed by atoms with Crippen molar-refractivity contribution in [3.05, 3.63) is 29.6 Å². The highest BCUT2D eigenvalue weighted by atomic mass is 79.9. The molecule has 0 saturated heterocycles. The van der Waals surface area contributed by atoms with Gasteiger partial charge < -0.3 is 0 Å². The van der Waals surface area contributed by atoms with Crippen molar-refractivity contribution in [1.29, 1.82) is 0 Å². The Kier molecular flexibility index (Phi) is 4.47. The van der Waals surface area contributed by atoms with E-state index >= 15 is 0 Å². The first-order chi connectivity index (χ1) is 8.49. The summed E-state index contributed by atoms with van der Waals surface area (Å²) in [5, 5.41) is 0. The lowest BCUT2D eigenvalue weighted by molar-refractivity contribution is 0.136. The van der Waals surface area contributed by atoms with E-state index in [2.05, 4.69) is 53.8 Å². The Hall–Kier alpha value is -0.370. The second kappa shape index (κ2) is 5.73. The van der Waals surface area contributed by atoms with Crippen molar-refractivity contribution in [2.75, 3.05) is 0 Å². The minimum Gasteiger partial charge on any atom is -0.261 e. The number of rotatable bonds is 3. The van der Waals surface area contributed by atoms with Crippen molar-refractivity contribution >= 4 is 15.9 Å². The van der Waals surface area contributed by atoms with Crippen LogP contribution in [-0.2, 0) is 6.42 Å². The molecule has 0 aliphatic heterocycles. The molecule has 0 aromatic carbocycles. The molecule has 1 saturated carbocycles. The van der Waals surface area contributed by atoms with E-state index < -0.39 is 0 Å². The molecule has 1 aliphatic carbocycles. The van der Waals surface area contributed by atoms with Crippen LogP contribution in [0.1, 0.15) is 50.8 Å². The molecule has 1 aromatic rings. The molecule has 2 rings (SSSR count). The van der Waals surface area contributed by atoms with Crippen molar-refractivity contribution < 1.29 is 0 Å². The van der Waals surface area contributed by atoms with Crippen LogP contribution >= 0.6 is 15.9 Å². The topological polar surface area (TPSA) is 12.9 Å². The maximum Gasteiger partial charge on any atom is 0.0415 e. The quantitative estimate of drug-likeness (QED) is 0.723. The summed E-state index contributed by atoms with van der Waals surface area (Å²) in [4.78, 5) is 5.09. The number of nitrogens with zero attached hydrogens (tertiary/aromatic N) is 1. The molecule has 1 aromatic heterocycles. The standard InChI is InChI=1S/C16H24BrN/c1-12-7-8-13(18-11-12)10-15(17)14-6-4-5-9-16(14,2)3/h7-8,11,14-15H,4-6,9-10H2,1-3H3. The van der Waals surface area contributed by atoms with Gasteiger partial charge in [-0.3, -0.25) is 4.98 Å². The molecule has 1 heterocycles. The zero-order valence-corrected chi connectivity index (χ0v) is 13.3. The first-order valence-electron chi connectivity index (χ1n) is 7.04. The second-order valence-corrected chi connectivity index (χ2v) is 7.56. The lowest BCUT2D eigenvalue weighted by atomic mass is 9.67. The van der Waals surface area contributed by atoms with Crippen LogP contribution in [0.25, 0.3) is 0 Å². The van der Waals surface area contributed by atoms with Crippen LogP contribution in [-0.4, -0.2) is 9.81 Å². The van der Waals surface area contributed by atoms with Crippen molar-refractivity contribution in [2.24, 2.45) is 11.3 Å². The van der Waals surface area contributed by atoms with Crippen LogP contribution in [0.2, 0.25) is 0 Å². The minimum absolute atomic E-state index is 0.469. The third kappa shape index (κ3) is 3.34. The van der Waals surface area contributed by atoms with Crippen LogP contribution in [0, 0.1) is 18.3 Å². The van der Waals surface area contributed by atoms with Crippen LogP contribution in [0.15, 0.2) is 18.3 Å².